The topological polar surface area (TPSA) is 78.9 Å². The lowest BCUT2D eigenvalue weighted by atomic mass is 10.0. The van der Waals surface area contributed by atoms with Crippen molar-refractivity contribution in [2.45, 2.75) is 309 Å². The summed E-state index contributed by atoms with van der Waals surface area (Å²) in [7, 11) is 0. The predicted octanol–water partition coefficient (Wildman–Crippen LogP) is 21.1. The number of unbranched alkanes of at least 4 members (excludes halogenated alkanes) is 31. The highest BCUT2D eigenvalue weighted by Gasteiger charge is 2.19. The van der Waals surface area contributed by atoms with Crippen molar-refractivity contribution >= 4 is 17.9 Å². The summed E-state index contributed by atoms with van der Waals surface area (Å²) in [5, 5.41) is 0. The summed E-state index contributed by atoms with van der Waals surface area (Å²) in [6, 6.07) is 0. The molecule has 0 N–H and O–H groups in total. The van der Waals surface area contributed by atoms with Crippen molar-refractivity contribution in [2.75, 3.05) is 13.2 Å². The summed E-state index contributed by atoms with van der Waals surface area (Å²) in [6.45, 7) is 6.49. The molecule has 0 saturated carbocycles. The molecule has 0 fully saturated rings. The number of carbonyl (C=O) groups excluding carboxylic acids is 3. The highest BCUT2D eigenvalue weighted by Crippen LogP contribution is 2.16. The van der Waals surface area contributed by atoms with Crippen LogP contribution in [0.25, 0.3) is 0 Å². The molecule has 0 aromatic rings. The Morgan fingerprint density at radius 2 is 0.562 bits per heavy atom. The molecule has 0 aliphatic rings. The second kappa shape index (κ2) is 61.1. The fourth-order valence-corrected chi connectivity index (χ4v) is 8.76. The van der Waals surface area contributed by atoms with Crippen molar-refractivity contribution in [2.24, 2.45) is 0 Å². The molecule has 6 nitrogen and oxygen atoms in total. The fourth-order valence-electron chi connectivity index (χ4n) is 8.76. The molecule has 0 spiro atoms. The smallest absolute Gasteiger partial charge is 0.306 e. The third-order valence-corrected chi connectivity index (χ3v) is 13.4. The first-order valence-corrected chi connectivity index (χ1v) is 31.1. The van der Waals surface area contributed by atoms with E-state index in [0.29, 0.717) is 19.3 Å². The van der Waals surface area contributed by atoms with Gasteiger partial charge in [0.1, 0.15) is 13.2 Å². The molecule has 0 heterocycles. The molecule has 0 amide bonds. The number of hydrogen-bond acceptors (Lipinski definition) is 6. The van der Waals surface area contributed by atoms with Crippen LogP contribution < -0.4 is 0 Å². The van der Waals surface area contributed by atoms with Crippen molar-refractivity contribution in [1.29, 1.82) is 0 Å². The largest absolute Gasteiger partial charge is 0.462 e. The van der Waals surface area contributed by atoms with Crippen molar-refractivity contribution in [3.05, 3.63) is 85.1 Å². The van der Waals surface area contributed by atoms with Crippen molar-refractivity contribution in [1.82, 2.24) is 0 Å². The maximum absolute atomic E-state index is 12.8. The van der Waals surface area contributed by atoms with E-state index in [0.717, 1.165) is 77.0 Å². The van der Waals surface area contributed by atoms with Crippen LogP contribution in [0, 0.1) is 0 Å². The van der Waals surface area contributed by atoms with E-state index in [1.54, 1.807) is 0 Å². The third-order valence-electron chi connectivity index (χ3n) is 13.4. The summed E-state index contributed by atoms with van der Waals surface area (Å²) in [4.78, 5) is 38.2. The third kappa shape index (κ3) is 59.3. The van der Waals surface area contributed by atoms with Crippen LogP contribution in [-0.2, 0) is 28.6 Å². The molecule has 73 heavy (non-hydrogen) atoms. The summed E-state index contributed by atoms with van der Waals surface area (Å²) in [5.74, 6) is -0.979. The van der Waals surface area contributed by atoms with Crippen molar-refractivity contribution < 1.29 is 28.6 Å². The zero-order chi connectivity index (χ0) is 52.9. The number of ether oxygens (including phenoxy) is 3. The van der Waals surface area contributed by atoms with E-state index in [1.807, 2.05) is 6.08 Å². The van der Waals surface area contributed by atoms with Gasteiger partial charge in [0.15, 0.2) is 6.10 Å². The first-order chi connectivity index (χ1) is 36.0. The molecule has 6 heteroatoms. The molecule has 420 valence electrons. The average molecular weight is 1020 g/mol. The maximum Gasteiger partial charge on any atom is 0.306 e. The first-order valence-electron chi connectivity index (χ1n) is 31.1. The SMILES string of the molecule is CC/C=C\C/C=C\C/C=C\C/C=C\C/C=C\C/C=C\CCC(=O)OC(COC(=O)CCCCCCCCCCCCC/C=C\CCCCCCCCCC)COC(=O)CCCCCCCCCCCCCCC. The van der Waals surface area contributed by atoms with Crippen LogP contribution in [0.4, 0.5) is 0 Å². The minimum atomic E-state index is -0.816. The summed E-state index contributed by atoms with van der Waals surface area (Å²) in [6.07, 6.45) is 80.3. The molecule has 0 rings (SSSR count). The lowest BCUT2D eigenvalue weighted by Crippen LogP contribution is -2.30. The number of rotatable bonds is 56. The molecule has 0 bridgehead atoms. The van der Waals surface area contributed by atoms with Crippen molar-refractivity contribution in [3.63, 3.8) is 0 Å². The van der Waals surface area contributed by atoms with E-state index in [1.165, 1.54) is 180 Å². The quantitative estimate of drug-likeness (QED) is 0.0261. The number of hydrogen-bond donors (Lipinski definition) is 0. The van der Waals surface area contributed by atoms with E-state index in [4.69, 9.17) is 14.2 Å². The summed E-state index contributed by atoms with van der Waals surface area (Å²) >= 11 is 0. The van der Waals surface area contributed by atoms with Gasteiger partial charge in [-0.1, -0.05) is 286 Å². The van der Waals surface area contributed by atoms with Crippen LogP contribution in [-0.4, -0.2) is 37.2 Å². The molecule has 0 radical (unpaired) electrons. The van der Waals surface area contributed by atoms with Crippen LogP contribution in [0.3, 0.4) is 0 Å². The van der Waals surface area contributed by atoms with Gasteiger partial charge >= 0.3 is 17.9 Å². The molecule has 1 atom stereocenters. The van der Waals surface area contributed by atoms with Gasteiger partial charge in [0.25, 0.3) is 0 Å². The Hall–Kier alpha value is -3.41. The van der Waals surface area contributed by atoms with Crippen LogP contribution in [0.2, 0.25) is 0 Å². The Labute approximate surface area is 452 Å². The van der Waals surface area contributed by atoms with Gasteiger partial charge in [-0.2, -0.15) is 0 Å². The predicted molar refractivity (Wildman–Crippen MR) is 316 cm³/mol. The average Bonchev–Trinajstić information content (AvgIpc) is 3.39. The minimum absolute atomic E-state index is 0.104. The summed E-state index contributed by atoms with van der Waals surface area (Å²) < 4.78 is 16.8. The maximum atomic E-state index is 12.8. The fraction of sp³-hybridized carbons (Fsp3) is 0.746. The van der Waals surface area contributed by atoms with Gasteiger partial charge in [0, 0.05) is 19.3 Å². The molecule has 0 aliphatic heterocycles. The van der Waals surface area contributed by atoms with Crippen molar-refractivity contribution in [3.8, 4) is 0 Å². The lowest BCUT2D eigenvalue weighted by molar-refractivity contribution is -0.166. The van der Waals surface area contributed by atoms with E-state index >= 15 is 0 Å². The highest BCUT2D eigenvalue weighted by atomic mass is 16.6. The van der Waals surface area contributed by atoms with Gasteiger partial charge in [-0.25, -0.2) is 0 Å². The Kier molecular flexibility index (Phi) is 58.3. The highest BCUT2D eigenvalue weighted by molar-refractivity contribution is 5.71. The Morgan fingerprint density at radius 1 is 0.288 bits per heavy atom. The van der Waals surface area contributed by atoms with Gasteiger partial charge < -0.3 is 14.2 Å². The minimum Gasteiger partial charge on any atom is -0.462 e. The monoisotopic (exact) mass is 1020 g/mol. The van der Waals surface area contributed by atoms with E-state index in [9.17, 15) is 14.4 Å². The lowest BCUT2D eigenvalue weighted by Gasteiger charge is -2.18. The van der Waals surface area contributed by atoms with Gasteiger partial charge in [-0.05, 0) is 83.5 Å². The Morgan fingerprint density at radius 3 is 0.890 bits per heavy atom. The normalized spacial score (nSPS) is 12.6. The molecule has 0 aromatic carbocycles. The van der Waals surface area contributed by atoms with E-state index in [-0.39, 0.29) is 37.5 Å². The van der Waals surface area contributed by atoms with Gasteiger partial charge in [-0.3, -0.25) is 14.4 Å². The molecular weight excluding hydrogens is 901 g/mol. The number of carbonyl (C=O) groups is 3. The summed E-state index contributed by atoms with van der Waals surface area (Å²) in [5.41, 5.74) is 0. The molecule has 0 aromatic heterocycles. The van der Waals surface area contributed by atoms with Gasteiger partial charge in [0.05, 0.1) is 0 Å². The van der Waals surface area contributed by atoms with E-state index < -0.39 is 6.10 Å². The molecule has 0 aliphatic carbocycles. The second-order valence-corrected chi connectivity index (χ2v) is 20.6. The zero-order valence-electron chi connectivity index (χ0n) is 48.1. The van der Waals surface area contributed by atoms with Gasteiger partial charge in [-0.15, -0.1) is 0 Å². The Balaban J connectivity index is 4.40. The second-order valence-electron chi connectivity index (χ2n) is 20.6. The number of allylic oxidation sites excluding steroid dienone is 14. The first kappa shape index (κ1) is 69.6. The molecule has 1 unspecified atom stereocenters. The zero-order valence-corrected chi connectivity index (χ0v) is 48.1. The molecule has 0 saturated heterocycles. The molecular formula is C67H116O6. The van der Waals surface area contributed by atoms with Crippen LogP contribution >= 0.6 is 0 Å². The van der Waals surface area contributed by atoms with Crippen LogP contribution in [0.5, 0.6) is 0 Å². The number of esters is 3. The van der Waals surface area contributed by atoms with E-state index in [2.05, 4.69) is 99.8 Å². The standard InChI is InChI=1S/C67H116O6/c1-4-7-10-13-16-19-22-25-27-29-31-32-33-34-36-37-39-42-45-48-51-54-57-60-66(69)72-63-64(62-71-65(68)59-56-53-50-47-44-41-24-21-18-15-12-9-6-3)73-67(70)61-58-55-52-49-46-43-40-38-35-30-28-26-23-20-17-14-11-8-5-2/h8,11,17,20,26,28-29,31,35,38,43,46,52,55,64H,4-7,9-10,12-16,18-19,21-25,27,30,32-34,36-37,39-42,44-45,47-51,53-54,56-63H2,1-3H3/b11-8-,20-17-,28-26-,31-29-,38-35-,46-43-,55-52-. The van der Waals surface area contributed by atoms with Crippen LogP contribution in [0.15, 0.2) is 85.1 Å². The van der Waals surface area contributed by atoms with Gasteiger partial charge in [0.2, 0.25) is 0 Å². The van der Waals surface area contributed by atoms with Crippen LogP contribution in [0.1, 0.15) is 303 Å². The Bertz CT molecular complexity index is 1400.